The molecule has 0 bridgehead atoms. The summed E-state index contributed by atoms with van der Waals surface area (Å²) in [7, 11) is 0. The van der Waals surface area contributed by atoms with Crippen LogP contribution in [0.1, 0.15) is 90.5 Å². The molecule has 0 spiro atoms. The van der Waals surface area contributed by atoms with E-state index in [-0.39, 0.29) is 17.4 Å². The molecule has 3 fully saturated rings. The number of allylic oxidation sites excluding steroid dienone is 1. The van der Waals surface area contributed by atoms with Crippen molar-refractivity contribution >= 4 is 11.9 Å². The van der Waals surface area contributed by atoms with Crippen LogP contribution in [0.25, 0.3) is 0 Å². The van der Waals surface area contributed by atoms with Gasteiger partial charge in [-0.3, -0.25) is 4.79 Å². The first-order chi connectivity index (χ1) is 18.1. The number of aliphatic hydroxyl groups excluding tert-OH is 1. The Hall–Kier alpha value is -2.14. The highest BCUT2D eigenvalue weighted by molar-refractivity contribution is 5.83. The molecule has 1 amide bonds. The Kier molecular flexibility index (Phi) is 7.79. The fourth-order valence-corrected chi connectivity index (χ4v) is 9.49. The highest BCUT2D eigenvalue weighted by Gasteiger charge is 2.59. The molecule has 0 aliphatic heterocycles. The van der Waals surface area contributed by atoms with Crippen LogP contribution in [-0.2, 0) is 16.0 Å². The molecule has 9 atom stereocenters. The average molecular weight is 522 g/mol. The molecule has 0 saturated heterocycles. The van der Waals surface area contributed by atoms with E-state index in [1.807, 2.05) is 30.3 Å². The molecule has 5 nitrogen and oxygen atoms in total. The monoisotopic (exact) mass is 521 g/mol. The number of benzene rings is 1. The fourth-order valence-electron chi connectivity index (χ4n) is 9.49. The van der Waals surface area contributed by atoms with Crippen LogP contribution in [0, 0.1) is 40.4 Å². The minimum atomic E-state index is -0.982. The Morgan fingerprint density at radius 3 is 2.55 bits per heavy atom. The molecular formula is C33H47NO4. The van der Waals surface area contributed by atoms with Crippen molar-refractivity contribution in [3.8, 4) is 0 Å². The normalized spacial score (nSPS) is 37.7. The van der Waals surface area contributed by atoms with Crippen LogP contribution in [0.15, 0.2) is 42.0 Å². The SMILES string of the molecule is C[C@H](CCC(=O)N[C@@H](Cc1ccccc1)C(=O)O)[C@H]1CC[C@H]2[C@@H]3CC=C4C[C@@H](O)CC[C@]4(C)[C@H]3CC[C@]12C. The number of carboxylic acids is 1. The lowest BCUT2D eigenvalue weighted by Crippen LogP contribution is -2.50. The van der Waals surface area contributed by atoms with E-state index in [4.69, 9.17) is 0 Å². The number of carboxylic acid groups (broad SMARTS) is 1. The Balaban J connectivity index is 1.19. The molecule has 1 aromatic carbocycles. The van der Waals surface area contributed by atoms with Crippen molar-refractivity contribution in [1.29, 1.82) is 0 Å². The van der Waals surface area contributed by atoms with Gasteiger partial charge in [0.05, 0.1) is 6.10 Å². The summed E-state index contributed by atoms with van der Waals surface area (Å²) in [6, 6.07) is 8.60. The zero-order valence-electron chi connectivity index (χ0n) is 23.5. The van der Waals surface area contributed by atoms with E-state index in [1.54, 1.807) is 0 Å². The highest BCUT2D eigenvalue weighted by atomic mass is 16.4. The number of nitrogens with one attached hydrogen (secondary N) is 1. The number of carbonyl (C=O) groups is 2. The minimum absolute atomic E-state index is 0.152. The zero-order chi connectivity index (χ0) is 27.1. The maximum Gasteiger partial charge on any atom is 0.326 e. The molecule has 38 heavy (non-hydrogen) atoms. The fraction of sp³-hybridized carbons (Fsp3) is 0.697. The molecule has 1 aromatic rings. The quantitative estimate of drug-likeness (QED) is 0.358. The third kappa shape index (κ3) is 5.08. The van der Waals surface area contributed by atoms with Crippen LogP contribution < -0.4 is 5.32 Å². The standard InChI is InChI=1S/C33H47NO4/c1-21(9-14-30(36)34-29(31(37)38)19-22-7-5-4-6-8-22)26-12-13-27-25-11-10-23-20-24(35)15-17-32(23,2)28(25)16-18-33(26,27)3/h4-8,10,21,24-29,35H,9,11-20H2,1-3H3,(H,34,36)(H,37,38)/t21-,24+,25+,26-,27+,28+,29+,32+,33-/m1/s1. The summed E-state index contributed by atoms with van der Waals surface area (Å²) >= 11 is 0. The van der Waals surface area contributed by atoms with Crippen LogP contribution in [-0.4, -0.2) is 34.2 Å². The Morgan fingerprint density at radius 2 is 1.82 bits per heavy atom. The summed E-state index contributed by atoms with van der Waals surface area (Å²) in [5, 5.41) is 22.7. The van der Waals surface area contributed by atoms with Gasteiger partial charge in [0.1, 0.15) is 6.04 Å². The third-order valence-electron chi connectivity index (χ3n) is 11.6. The molecule has 3 N–H and O–H groups in total. The Bertz CT molecular complexity index is 1050. The second-order valence-electron chi connectivity index (χ2n) is 13.5. The van der Waals surface area contributed by atoms with Gasteiger partial charge in [-0.1, -0.05) is 62.8 Å². The van der Waals surface area contributed by atoms with Gasteiger partial charge in [-0.25, -0.2) is 4.79 Å². The van der Waals surface area contributed by atoms with E-state index in [0.29, 0.717) is 30.1 Å². The van der Waals surface area contributed by atoms with Crippen LogP contribution in [0.2, 0.25) is 0 Å². The minimum Gasteiger partial charge on any atom is -0.480 e. The van der Waals surface area contributed by atoms with Gasteiger partial charge in [0, 0.05) is 12.8 Å². The summed E-state index contributed by atoms with van der Waals surface area (Å²) < 4.78 is 0. The van der Waals surface area contributed by atoms with Gasteiger partial charge in [0.25, 0.3) is 0 Å². The first kappa shape index (κ1) is 27.4. The lowest BCUT2D eigenvalue weighted by atomic mass is 9.47. The summed E-state index contributed by atoms with van der Waals surface area (Å²) in [6.07, 6.45) is 13.0. The van der Waals surface area contributed by atoms with Crippen LogP contribution in [0.4, 0.5) is 0 Å². The Labute approximate surface area is 228 Å². The number of hydrogen-bond acceptors (Lipinski definition) is 3. The smallest absolute Gasteiger partial charge is 0.326 e. The summed E-state index contributed by atoms with van der Waals surface area (Å²) in [4.78, 5) is 24.6. The number of fused-ring (bicyclic) bond motifs is 5. The van der Waals surface area contributed by atoms with Gasteiger partial charge in [-0.2, -0.15) is 0 Å². The first-order valence-corrected chi connectivity index (χ1v) is 15.1. The maximum atomic E-state index is 12.8. The van der Waals surface area contributed by atoms with Crippen molar-refractivity contribution in [1.82, 2.24) is 5.32 Å². The van der Waals surface area contributed by atoms with Gasteiger partial charge < -0.3 is 15.5 Å². The van der Waals surface area contributed by atoms with Crippen LogP contribution in [0.5, 0.6) is 0 Å². The van der Waals surface area contributed by atoms with Crippen molar-refractivity contribution in [2.45, 2.75) is 104 Å². The Morgan fingerprint density at radius 1 is 1.05 bits per heavy atom. The van der Waals surface area contributed by atoms with Gasteiger partial charge in [-0.05, 0) is 104 Å². The van der Waals surface area contributed by atoms with Crippen molar-refractivity contribution < 1.29 is 19.8 Å². The van der Waals surface area contributed by atoms with E-state index in [0.717, 1.165) is 49.0 Å². The molecule has 0 radical (unpaired) electrons. The number of aliphatic carboxylic acids is 1. The van der Waals surface area contributed by atoms with Crippen molar-refractivity contribution in [3.05, 3.63) is 47.5 Å². The molecule has 3 saturated carbocycles. The zero-order valence-corrected chi connectivity index (χ0v) is 23.5. The van der Waals surface area contributed by atoms with E-state index in [2.05, 4.69) is 32.2 Å². The van der Waals surface area contributed by atoms with Crippen molar-refractivity contribution in [3.63, 3.8) is 0 Å². The lowest BCUT2D eigenvalue weighted by molar-refractivity contribution is -0.141. The largest absolute Gasteiger partial charge is 0.480 e. The van der Waals surface area contributed by atoms with Gasteiger partial charge >= 0.3 is 5.97 Å². The van der Waals surface area contributed by atoms with E-state index in [9.17, 15) is 19.8 Å². The summed E-state index contributed by atoms with van der Waals surface area (Å²) in [5.74, 6) is 2.15. The molecule has 4 aliphatic rings. The molecule has 0 heterocycles. The van der Waals surface area contributed by atoms with Crippen molar-refractivity contribution in [2.24, 2.45) is 40.4 Å². The maximum absolute atomic E-state index is 12.8. The number of rotatable bonds is 8. The predicted octanol–water partition coefficient (Wildman–Crippen LogP) is 6.15. The molecule has 0 unspecified atom stereocenters. The second kappa shape index (κ2) is 10.8. The molecule has 5 rings (SSSR count). The highest BCUT2D eigenvalue weighted by Crippen LogP contribution is 2.67. The summed E-state index contributed by atoms with van der Waals surface area (Å²) in [6.45, 7) is 7.34. The number of hydrogen-bond donors (Lipinski definition) is 3. The van der Waals surface area contributed by atoms with Crippen LogP contribution in [0.3, 0.4) is 0 Å². The average Bonchev–Trinajstić information content (AvgIpc) is 3.25. The van der Waals surface area contributed by atoms with Gasteiger partial charge in [-0.15, -0.1) is 0 Å². The van der Waals surface area contributed by atoms with Crippen LogP contribution >= 0.6 is 0 Å². The van der Waals surface area contributed by atoms with Crippen molar-refractivity contribution in [2.75, 3.05) is 0 Å². The molecular weight excluding hydrogens is 474 g/mol. The number of carbonyl (C=O) groups excluding carboxylic acids is 1. The summed E-state index contributed by atoms with van der Waals surface area (Å²) in [5.41, 5.74) is 3.04. The van der Waals surface area contributed by atoms with E-state index in [1.165, 1.54) is 37.7 Å². The second-order valence-corrected chi connectivity index (χ2v) is 13.5. The molecule has 208 valence electrons. The van der Waals surface area contributed by atoms with Gasteiger partial charge in [0.2, 0.25) is 5.91 Å². The molecule has 4 aliphatic carbocycles. The number of amides is 1. The predicted molar refractivity (Wildman–Crippen MR) is 149 cm³/mol. The topological polar surface area (TPSA) is 86.6 Å². The number of aliphatic hydroxyl groups is 1. The first-order valence-electron chi connectivity index (χ1n) is 15.1. The van der Waals surface area contributed by atoms with Gasteiger partial charge in [0.15, 0.2) is 0 Å². The molecule has 0 aromatic heterocycles. The molecule has 5 heteroatoms. The third-order valence-corrected chi connectivity index (χ3v) is 11.6. The van der Waals surface area contributed by atoms with E-state index >= 15 is 0 Å². The lowest BCUT2D eigenvalue weighted by Gasteiger charge is -2.58. The van der Waals surface area contributed by atoms with E-state index < -0.39 is 12.0 Å².